The molecule has 0 amide bonds. The van der Waals surface area contributed by atoms with E-state index in [2.05, 4.69) is 87.7 Å². The van der Waals surface area contributed by atoms with Crippen LogP contribution in [0, 0.1) is 19.3 Å². The van der Waals surface area contributed by atoms with Crippen LogP contribution < -0.4 is 41.4 Å². The fourth-order valence-corrected chi connectivity index (χ4v) is 11.6. The maximum absolute atomic E-state index is 12.2. The van der Waals surface area contributed by atoms with Gasteiger partial charge in [-0.1, -0.05) is 18.1 Å². The zero-order chi connectivity index (χ0) is 58.7. The zero-order valence-electron chi connectivity index (χ0n) is 49.1. The van der Waals surface area contributed by atoms with Gasteiger partial charge in [0.2, 0.25) is 23.8 Å². The van der Waals surface area contributed by atoms with E-state index in [9.17, 15) is 14.4 Å². The first-order valence-electron chi connectivity index (χ1n) is 30.0. The lowest BCUT2D eigenvalue weighted by atomic mass is 9.93. The Morgan fingerprint density at radius 2 is 0.859 bits per heavy atom. The number of nitrogens with zero attached hydrogens (tertiary/aromatic N) is 13. The molecule has 0 unspecified atom stereocenters. The Balaban J connectivity index is 0.000000142. The fourth-order valence-electron chi connectivity index (χ4n) is 11.6. The van der Waals surface area contributed by atoms with E-state index in [1.165, 1.54) is 5.56 Å². The second-order valence-corrected chi connectivity index (χ2v) is 22.4. The first-order chi connectivity index (χ1) is 41.6. The Labute approximate surface area is 496 Å². The maximum Gasteiger partial charge on any atom is 0.252 e. The topological polar surface area (TPSA) is 257 Å². The lowest BCUT2D eigenvalue weighted by Crippen LogP contribution is -2.39. The number of anilines is 4. The van der Waals surface area contributed by atoms with E-state index in [-0.39, 0.29) is 23.3 Å². The van der Waals surface area contributed by atoms with Gasteiger partial charge in [0.1, 0.15) is 18.2 Å². The number of rotatable bonds is 15. The molecule has 0 spiro atoms. The number of hydrogen-bond donors (Lipinski definition) is 4. The molecule has 6 aliphatic heterocycles. The minimum absolute atomic E-state index is 0.0688. The Kier molecular flexibility index (Phi) is 21.6. The monoisotopic (exact) mass is 1160 g/mol. The van der Waals surface area contributed by atoms with Gasteiger partial charge in [0.15, 0.2) is 0 Å². The second-order valence-electron chi connectivity index (χ2n) is 22.4. The molecule has 1 aromatic carbocycles. The highest BCUT2D eigenvalue weighted by molar-refractivity contribution is 5.35. The third-order valence-electron chi connectivity index (χ3n) is 16.4. The summed E-state index contributed by atoms with van der Waals surface area (Å²) in [5.41, 5.74) is 6.03. The number of morpholine rings is 3. The summed E-state index contributed by atoms with van der Waals surface area (Å²) in [6.07, 6.45) is 18.8. The van der Waals surface area contributed by atoms with Crippen LogP contribution in [0.5, 0.6) is 5.75 Å². The van der Waals surface area contributed by atoms with Crippen molar-refractivity contribution in [3.63, 3.8) is 0 Å². The number of terminal acetylenes is 1. The number of ether oxygens (including phenoxy) is 4. The van der Waals surface area contributed by atoms with Gasteiger partial charge in [-0.3, -0.25) is 44.0 Å². The lowest BCUT2D eigenvalue weighted by Gasteiger charge is -2.32. The molecule has 4 N–H and O–H groups in total. The predicted molar refractivity (Wildman–Crippen MR) is 325 cm³/mol. The molecule has 11 heterocycles. The van der Waals surface area contributed by atoms with Gasteiger partial charge in [0.25, 0.3) is 16.7 Å². The summed E-state index contributed by atoms with van der Waals surface area (Å²) in [5, 5.41) is 2.93. The summed E-state index contributed by atoms with van der Waals surface area (Å²) in [5.74, 6) is 7.72. The highest BCUT2D eigenvalue weighted by atomic mass is 16.5. The first kappa shape index (κ1) is 60.5. The molecule has 0 atom stereocenters. The van der Waals surface area contributed by atoms with Gasteiger partial charge in [-0.2, -0.15) is 0 Å². The van der Waals surface area contributed by atoms with Crippen LogP contribution >= 0.6 is 0 Å². The predicted octanol–water partition coefficient (Wildman–Crippen LogP) is 3.90. The van der Waals surface area contributed by atoms with Crippen molar-refractivity contribution in [3.8, 4) is 18.1 Å². The molecule has 0 aliphatic carbocycles. The largest absolute Gasteiger partial charge is 0.481 e. The summed E-state index contributed by atoms with van der Waals surface area (Å²) in [7, 11) is 1.81. The van der Waals surface area contributed by atoms with Gasteiger partial charge in [-0.15, -0.1) is 6.42 Å². The van der Waals surface area contributed by atoms with E-state index < -0.39 is 0 Å². The molecule has 0 bridgehead atoms. The minimum atomic E-state index is -0.0734. The summed E-state index contributed by atoms with van der Waals surface area (Å²) < 4.78 is 21.6. The normalized spacial score (nSPS) is 18.8. The van der Waals surface area contributed by atoms with Crippen molar-refractivity contribution in [3.05, 3.63) is 138 Å². The van der Waals surface area contributed by atoms with E-state index in [0.717, 1.165) is 176 Å². The number of aromatic nitrogens is 10. The molecule has 12 rings (SSSR count). The molecule has 6 aliphatic rings. The number of nitrogens with one attached hydrogen (secondary N) is 4. The average molecular weight is 1160 g/mol. The third-order valence-corrected chi connectivity index (χ3v) is 16.4. The summed E-state index contributed by atoms with van der Waals surface area (Å²) in [4.78, 5) is 90.2. The van der Waals surface area contributed by atoms with Gasteiger partial charge in [0, 0.05) is 138 Å². The number of hydrogen-bond acceptors (Lipinski definition) is 21. The standard InChI is InChI=1S/C23H28N4O3.C19H27N7O2.C19H26N6O2/c1-2-13-30-20-5-3-18(4-6-20)17-26-9-7-19(8-10-26)21-16-22(28)25-23(24-21)27-11-14-29-15-12-27;1-20-18-21-11-14(12-22-18)13-25-4-2-15(3-5-25)16-10-17(27)24-19(23-16)26-6-8-28-9-7-26;1-14-20-11-15(12-21-14)13-24-4-2-16(3-5-24)17-10-18(26)23-19(22-17)25-6-8-27-9-7-25/h1,3-6,16,19H,7-15,17H2,(H,24,25,28);10-12,15H,2-9,13H2,1H3,(H,20,21,22)(H,23,24,27);10-12,16H,2-9,13H2,1H3,(H,22,23,26). The van der Waals surface area contributed by atoms with Crippen molar-refractivity contribution in [2.45, 2.75) is 82.8 Å². The van der Waals surface area contributed by atoms with Gasteiger partial charge in [-0.05, 0) is 102 Å². The third kappa shape index (κ3) is 17.7. The zero-order valence-corrected chi connectivity index (χ0v) is 49.1. The van der Waals surface area contributed by atoms with Gasteiger partial charge in [-0.25, -0.2) is 34.9 Å². The van der Waals surface area contributed by atoms with Crippen molar-refractivity contribution in [1.29, 1.82) is 0 Å². The molecule has 452 valence electrons. The molecule has 85 heavy (non-hydrogen) atoms. The fraction of sp³-hybridized carbons (Fsp3) is 0.541. The number of aryl methyl sites for hydroxylation is 1. The molecule has 6 saturated heterocycles. The van der Waals surface area contributed by atoms with Crippen molar-refractivity contribution in [2.75, 3.05) is 152 Å². The van der Waals surface area contributed by atoms with E-state index >= 15 is 0 Å². The Morgan fingerprint density at radius 3 is 1.20 bits per heavy atom. The maximum atomic E-state index is 12.2. The quantitative estimate of drug-likeness (QED) is 0.106. The number of aromatic amines is 3. The summed E-state index contributed by atoms with van der Waals surface area (Å²) >= 11 is 0. The summed E-state index contributed by atoms with van der Waals surface area (Å²) in [6, 6.07) is 13.1. The van der Waals surface area contributed by atoms with Crippen LogP contribution in [0.25, 0.3) is 0 Å². The average Bonchev–Trinajstić information content (AvgIpc) is 3.60. The van der Waals surface area contributed by atoms with E-state index in [4.69, 9.17) is 40.3 Å². The molecule has 0 saturated carbocycles. The van der Waals surface area contributed by atoms with E-state index in [1.54, 1.807) is 18.2 Å². The SMILES string of the molecule is C#CCOc1ccc(CN2CCC(c3cc(=O)[nH]c(N4CCOCC4)n3)CC2)cc1.CNc1ncc(CN2CCC(c3cc(=O)[nH]c(N4CCOCC4)n3)CC2)cn1.Cc1ncc(CN2CCC(c3cc(=O)[nH]c(N4CCOCC4)n3)CC2)cn1. The van der Waals surface area contributed by atoms with Crippen LogP contribution in [0.3, 0.4) is 0 Å². The van der Waals surface area contributed by atoms with Gasteiger partial charge < -0.3 is 39.0 Å². The number of benzene rings is 1. The van der Waals surface area contributed by atoms with Crippen molar-refractivity contribution >= 4 is 23.8 Å². The highest BCUT2D eigenvalue weighted by Gasteiger charge is 2.27. The molecule has 6 fully saturated rings. The molecular formula is C61H81N17O7. The lowest BCUT2D eigenvalue weighted by molar-refractivity contribution is 0.122. The molecule has 24 nitrogen and oxygen atoms in total. The number of H-pyrrole nitrogens is 3. The van der Waals surface area contributed by atoms with Crippen LogP contribution in [-0.4, -0.2) is 196 Å². The summed E-state index contributed by atoms with van der Waals surface area (Å²) in [6.45, 7) is 19.3. The van der Waals surface area contributed by atoms with Crippen molar-refractivity contribution < 1.29 is 18.9 Å². The molecule has 6 aromatic rings. The van der Waals surface area contributed by atoms with E-state index in [0.29, 0.717) is 81.2 Å². The molecule has 0 radical (unpaired) electrons. The first-order valence-corrected chi connectivity index (χ1v) is 30.0. The Morgan fingerprint density at radius 1 is 0.518 bits per heavy atom. The van der Waals surface area contributed by atoms with Crippen LogP contribution in [0.1, 0.15) is 95.9 Å². The Bertz CT molecular complexity index is 3240. The molecule has 24 heteroatoms. The van der Waals surface area contributed by atoms with Crippen molar-refractivity contribution in [2.24, 2.45) is 0 Å². The van der Waals surface area contributed by atoms with E-state index in [1.807, 2.05) is 50.9 Å². The van der Waals surface area contributed by atoms with Gasteiger partial charge >= 0.3 is 0 Å². The molecular weight excluding hydrogens is 1080 g/mol. The highest BCUT2D eigenvalue weighted by Crippen LogP contribution is 2.31. The van der Waals surface area contributed by atoms with Crippen LogP contribution in [0.2, 0.25) is 0 Å². The molecule has 5 aromatic heterocycles. The Hall–Kier alpha value is -7.66. The van der Waals surface area contributed by atoms with Crippen molar-refractivity contribution in [1.82, 2.24) is 64.5 Å². The second kappa shape index (κ2) is 30.4. The number of piperidine rings is 3. The van der Waals surface area contributed by atoms with Crippen LogP contribution in [-0.2, 0) is 33.8 Å². The van der Waals surface area contributed by atoms with Gasteiger partial charge in [0.05, 0.1) is 56.7 Å². The minimum Gasteiger partial charge on any atom is -0.481 e. The van der Waals surface area contributed by atoms with Crippen LogP contribution in [0.4, 0.5) is 23.8 Å². The van der Waals surface area contributed by atoms with Crippen LogP contribution in [0.15, 0.2) is 81.6 Å². The number of likely N-dealkylation sites (tertiary alicyclic amines) is 3. The smallest absolute Gasteiger partial charge is 0.252 e.